The number of rotatable bonds is 1. The molecule has 0 unspecified atom stereocenters. The first kappa shape index (κ1) is 12.1. The van der Waals surface area contributed by atoms with E-state index in [9.17, 15) is 0 Å². The number of imidazole rings is 1. The number of anilines is 1. The highest BCUT2D eigenvalue weighted by atomic mass is 35.5. The molecule has 0 saturated heterocycles. The van der Waals surface area contributed by atoms with E-state index in [1.54, 1.807) is 0 Å². The molecule has 0 radical (unpaired) electrons. The van der Waals surface area contributed by atoms with Gasteiger partial charge in [0.2, 0.25) is 5.95 Å². The number of benzene rings is 2. The van der Waals surface area contributed by atoms with Gasteiger partial charge in [0, 0.05) is 0 Å². The molecule has 0 bridgehead atoms. The number of hydrogen-bond acceptors (Lipinski definition) is 2. The van der Waals surface area contributed by atoms with Gasteiger partial charge in [0.25, 0.3) is 0 Å². The van der Waals surface area contributed by atoms with Crippen LogP contribution in [0.5, 0.6) is 0 Å². The lowest BCUT2D eigenvalue weighted by atomic mass is 10.2. The fraction of sp³-hybridized carbons (Fsp3) is 0.133. The summed E-state index contributed by atoms with van der Waals surface area (Å²) in [5.74, 6) is 0.455. The summed E-state index contributed by atoms with van der Waals surface area (Å²) in [5, 5.41) is 0.673. The first-order chi connectivity index (χ1) is 9.08. The van der Waals surface area contributed by atoms with Gasteiger partial charge in [0.15, 0.2) is 0 Å². The number of para-hydroxylation sites is 1. The van der Waals surface area contributed by atoms with E-state index in [0.29, 0.717) is 11.0 Å². The van der Waals surface area contributed by atoms with Crippen molar-refractivity contribution < 1.29 is 0 Å². The van der Waals surface area contributed by atoms with Crippen LogP contribution >= 0.6 is 11.6 Å². The zero-order valence-corrected chi connectivity index (χ0v) is 11.6. The van der Waals surface area contributed by atoms with Crippen molar-refractivity contribution in [2.24, 2.45) is 0 Å². The third kappa shape index (κ3) is 1.87. The van der Waals surface area contributed by atoms with E-state index in [1.165, 1.54) is 0 Å². The molecule has 0 spiro atoms. The molecule has 19 heavy (non-hydrogen) atoms. The summed E-state index contributed by atoms with van der Waals surface area (Å²) < 4.78 is 1.91. The Labute approximate surface area is 116 Å². The summed E-state index contributed by atoms with van der Waals surface area (Å²) in [7, 11) is 0. The minimum atomic E-state index is 0.455. The van der Waals surface area contributed by atoms with Crippen molar-refractivity contribution in [3.05, 3.63) is 52.5 Å². The Morgan fingerprint density at radius 2 is 1.95 bits per heavy atom. The molecule has 1 aromatic heterocycles. The predicted octanol–water partition coefficient (Wildman–Crippen LogP) is 3.88. The third-order valence-electron chi connectivity index (χ3n) is 3.25. The lowest BCUT2D eigenvalue weighted by molar-refractivity contribution is 1.09. The van der Waals surface area contributed by atoms with Crippen molar-refractivity contribution in [3.63, 3.8) is 0 Å². The molecular weight excluding hydrogens is 258 g/mol. The monoisotopic (exact) mass is 271 g/mol. The van der Waals surface area contributed by atoms with Crippen molar-refractivity contribution in [2.45, 2.75) is 13.8 Å². The molecule has 2 N–H and O–H groups in total. The summed E-state index contributed by atoms with van der Waals surface area (Å²) >= 11 is 6.32. The van der Waals surface area contributed by atoms with Gasteiger partial charge in [-0.15, -0.1) is 0 Å². The lowest BCUT2D eigenvalue weighted by Gasteiger charge is -2.11. The smallest absolute Gasteiger partial charge is 0.205 e. The second-order valence-corrected chi connectivity index (χ2v) is 5.11. The Bertz CT molecular complexity index is 754. The van der Waals surface area contributed by atoms with Gasteiger partial charge in [0.1, 0.15) is 0 Å². The van der Waals surface area contributed by atoms with Crippen LogP contribution in [-0.4, -0.2) is 9.55 Å². The van der Waals surface area contributed by atoms with E-state index in [2.05, 4.69) is 4.98 Å². The lowest BCUT2D eigenvalue weighted by Crippen LogP contribution is -2.03. The van der Waals surface area contributed by atoms with E-state index in [-0.39, 0.29) is 0 Å². The molecular formula is C15H14ClN3. The summed E-state index contributed by atoms with van der Waals surface area (Å²) in [6.07, 6.45) is 0. The Balaban J connectivity index is 2.40. The highest BCUT2D eigenvalue weighted by Crippen LogP contribution is 2.30. The van der Waals surface area contributed by atoms with Gasteiger partial charge < -0.3 is 5.73 Å². The van der Waals surface area contributed by atoms with Gasteiger partial charge in [-0.05, 0) is 43.2 Å². The van der Waals surface area contributed by atoms with E-state index >= 15 is 0 Å². The van der Waals surface area contributed by atoms with Crippen molar-refractivity contribution in [1.29, 1.82) is 0 Å². The largest absolute Gasteiger partial charge is 0.369 e. The van der Waals surface area contributed by atoms with Crippen molar-refractivity contribution >= 4 is 28.6 Å². The van der Waals surface area contributed by atoms with Crippen LogP contribution in [0.4, 0.5) is 5.95 Å². The van der Waals surface area contributed by atoms with Crippen LogP contribution in [0.1, 0.15) is 11.1 Å². The molecule has 96 valence electrons. The predicted molar refractivity (Wildman–Crippen MR) is 80.0 cm³/mol. The first-order valence-corrected chi connectivity index (χ1v) is 6.46. The Morgan fingerprint density at radius 1 is 1.16 bits per heavy atom. The maximum atomic E-state index is 6.32. The second-order valence-electron chi connectivity index (χ2n) is 4.70. The van der Waals surface area contributed by atoms with Gasteiger partial charge in [-0.1, -0.05) is 29.8 Å². The Morgan fingerprint density at radius 3 is 2.68 bits per heavy atom. The number of fused-ring (bicyclic) bond motifs is 1. The van der Waals surface area contributed by atoms with Gasteiger partial charge in [-0.3, -0.25) is 4.57 Å². The topological polar surface area (TPSA) is 43.8 Å². The van der Waals surface area contributed by atoms with Crippen LogP contribution in [0.15, 0.2) is 36.4 Å². The molecule has 0 amide bonds. The molecule has 0 atom stereocenters. The SMILES string of the molecule is Cc1ccc2c(c1)nc(N)n2-c1c(C)cccc1Cl. The van der Waals surface area contributed by atoms with Gasteiger partial charge >= 0.3 is 0 Å². The van der Waals surface area contributed by atoms with Gasteiger partial charge in [-0.2, -0.15) is 0 Å². The molecule has 0 aliphatic carbocycles. The molecule has 2 aromatic carbocycles. The molecule has 0 saturated carbocycles. The molecule has 0 aliphatic heterocycles. The summed E-state index contributed by atoms with van der Waals surface area (Å²) in [5.41, 5.74) is 11.0. The van der Waals surface area contributed by atoms with Crippen LogP contribution in [0.2, 0.25) is 5.02 Å². The van der Waals surface area contributed by atoms with Gasteiger partial charge in [0.05, 0.1) is 21.7 Å². The number of nitrogens with zero attached hydrogens (tertiary/aromatic N) is 2. The van der Waals surface area contributed by atoms with Crippen LogP contribution in [-0.2, 0) is 0 Å². The molecule has 4 heteroatoms. The highest BCUT2D eigenvalue weighted by Gasteiger charge is 2.14. The maximum Gasteiger partial charge on any atom is 0.205 e. The molecule has 3 rings (SSSR count). The Hall–Kier alpha value is -2.00. The summed E-state index contributed by atoms with van der Waals surface area (Å²) in [4.78, 5) is 4.41. The molecule has 3 nitrogen and oxygen atoms in total. The van der Waals surface area contributed by atoms with E-state index in [1.807, 2.05) is 54.8 Å². The number of aromatic nitrogens is 2. The Kier molecular flexibility index (Phi) is 2.72. The molecule has 0 aliphatic rings. The van der Waals surface area contributed by atoms with Crippen LogP contribution < -0.4 is 5.73 Å². The fourth-order valence-corrected chi connectivity index (χ4v) is 2.66. The van der Waals surface area contributed by atoms with Crippen LogP contribution in [0.25, 0.3) is 16.7 Å². The number of nitrogens with two attached hydrogens (primary N) is 1. The number of nitrogen functional groups attached to an aromatic ring is 1. The zero-order chi connectivity index (χ0) is 13.6. The zero-order valence-electron chi connectivity index (χ0n) is 10.8. The normalized spacial score (nSPS) is 11.1. The molecule has 1 heterocycles. The minimum Gasteiger partial charge on any atom is -0.369 e. The van der Waals surface area contributed by atoms with Crippen molar-refractivity contribution in [2.75, 3.05) is 5.73 Å². The average molecular weight is 272 g/mol. The van der Waals surface area contributed by atoms with Crippen LogP contribution in [0, 0.1) is 13.8 Å². The number of halogens is 1. The van der Waals surface area contributed by atoms with Gasteiger partial charge in [-0.25, -0.2) is 4.98 Å². The minimum absolute atomic E-state index is 0.455. The average Bonchev–Trinajstić information content (AvgIpc) is 2.65. The van der Waals surface area contributed by atoms with Crippen LogP contribution in [0.3, 0.4) is 0 Å². The highest BCUT2D eigenvalue weighted by molar-refractivity contribution is 6.32. The first-order valence-electron chi connectivity index (χ1n) is 6.08. The van der Waals surface area contributed by atoms with E-state index < -0.39 is 0 Å². The van der Waals surface area contributed by atoms with E-state index in [0.717, 1.165) is 27.8 Å². The van der Waals surface area contributed by atoms with Crippen molar-refractivity contribution in [3.8, 4) is 5.69 Å². The second kappa shape index (κ2) is 4.28. The fourth-order valence-electron chi connectivity index (χ4n) is 2.35. The third-order valence-corrected chi connectivity index (χ3v) is 3.55. The van der Waals surface area contributed by atoms with E-state index in [4.69, 9.17) is 17.3 Å². The number of aryl methyl sites for hydroxylation is 2. The number of hydrogen-bond donors (Lipinski definition) is 1. The summed E-state index contributed by atoms with van der Waals surface area (Å²) in [6.45, 7) is 4.05. The molecule has 0 fully saturated rings. The maximum absolute atomic E-state index is 6.32. The molecule has 3 aromatic rings. The summed E-state index contributed by atoms with van der Waals surface area (Å²) in [6, 6.07) is 11.9. The quantitative estimate of drug-likeness (QED) is 0.730. The standard InChI is InChI=1S/C15H14ClN3/c1-9-6-7-13-12(8-9)18-15(17)19(13)14-10(2)4-3-5-11(14)16/h3-8H,1-2H3,(H2,17,18). The van der Waals surface area contributed by atoms with Crippen molar-refractivity contribution in [1.82, 2.24) is 9.55 Å².